The average Bonchev–Trinajstić information content (AvgIpc) is 2.72. The standard InChI is InChI=1S/C21H26N4O4/c1-14(24-25-21(27)16-5-7-17(22)8-6-16)12-20(26)23-11-10-15-4-9-18(28-2)19(13-15)29-3/h4-9,13H,10-12,22H2,1-3H3,(H,23,26)(H,25,27). The van der Waals surface area contributed by atoms with Gasteiger partial charge in [0.1, 0.15) is 0 Å². The Hall–Kier alpha value is -3.55. The van der Waals surface area contributed by atoms with E-state index in [0.717, 1.165) is 5.56 Å². The van der Waals surface area contributed by atoms with Crippen molar-refractivity contribution in [2.24, 2.45) is 5.10 Å². The summed E-state index contributed by atoms with van der Waals surface area (Å²) in [5, 5.41) is 6.80. The minimum absolute atomic E-state index is 0.0912. The van der Waals surface area contributed by atoms with Gasteiger partial charge in [-0.3, -0.25) is 9.59 Å². The van der Waals surface area contributed by atoms with Crippen LogP contribution in [-0.4, -0.2) is 38.3 Å². The van der Waals surface area contributed by atoms with Crippen LogP contribution in [0, 0.1) is 0 Å². The van der Waals surface area contributed by atoms with Gasteiger partial charge in [0, 0.05) is 23.5 Å². The van der Waals surface area contributed by atoms with Crippen molar-refractivity contribution in [1.29, 1.82) is 0 Å². The maximum absolute atomic E-state index is 12.1. The number of nitrogen functional groups attached to an aromatic ring is 1. The third-order valence-corrected chi connectivity index (χ3v) is 4.12. The van der Waals surface area contributed by atoms with Crippen molar-refractivity contribution in [2.75, 3.05) is 26.5 Å². The van der Waals surface area contributed by atoms with Crippen LogP contribution in [0.15, 0.2) is 47.6 Å². The van der Waals surface area contributed by atoms with Gasteiger partial charge in [0.15, 0.2) is 11.5 Å². The Balaban J connectivity index is 1.77. The van der Waals surface area contributed by atoms with E-state index in [1.165, 1.54) is 0 Å². The summed E-state index contributed by atoms with van der Waals surface area (Å²) in [4.78, 5) is 24.1. The van der Waals surface area contributed by atoms with Crippen LogP contribution in [0.25, 0.3) is 0 Å². The number of hydrogen-bond acceptors (Lipinski definition) is 6. The molecule has 0 spiro atoms. The number of hydrogen-bond donors (Lipinski definition) is 3. The summed E-state index contributed by atoms with van der Waals surface area (Å²) < 4.78 is 10.5. The number of amides is 2. The molecule has 0 aromatic heterocycles. The van der Waals surface area contributed by atoms with Gasteiger partial charge in [-0.25, -0.2) is 5.43 Å². The largest absolute Gasteiger partial charge is 0.493 e. The zero-order chi connectivity index (χ0) is 21.2. The van der Waals surface area contributed by atoms with E-state index < -0.39 is 0 Å². The highest BCUT2D eigenvalue weighted by Gasteiger charge is 2.08. The lowest BCUT2D eigenvalue weighted by Gasteiger charge is -2.10. The van der Waals surface area contributed by atoms with Gasteiger partial charge in [0.25, 0.3) is 5.91 Å². The van der Waals surface area contributed by atoms with Crippen molar-refractivity contribution in [3.05, 3.63) is 53.6 Å². The Bertz CT molecular complexity index is 879. The third-order valence-electron chi connectivity index (χ3n) is 4.12. The lowest BCUT2D eigenvalue weighted by Crippen LogP contribution is -2.28. The molecule has 0 radical (unpaired) electrons. The van der Waals surface area contributed by atoms with E-state index in [4.69, 9.17) is 15.2 Å². The smallest absolute Gasteiger partial charge is 0.271 e. The maximum atomic E-state index is 12.1. The Labute approximate surface area is 170 Å². The third kappa shape index (κ3) is 6.84. The van der Waals surface area contributed by atoms with Gasteiger partial charge in [0.2, 0.25) is 5.91 Å². The quantitative estimate of drug-likeness (QED) is 0.340. The lowest BCUT2D eigenvalue weighted by atomic mass is 10.1. The van der Waals surface area contributed by atoms with Gasteiger partial charge in [-0.1, -0.05) is 6.07 Å². The fourth-order valence-corrected chi connectivity index (χ4v) is 2.56. The van der Waals surface area contributed by atoms with Crippen molar-refractivity contribution in [1.82, 2.24) is 10.7 Å². The zero-order valence-corrected chi connectivity index (χ0v) is 16.8. The van der Waals surface area contributed by atoms with E-state index >= 15 is 0 Å². The molecule has 0 aliphatic carbocycles. The summed E-state index contributed by atoms with van der Waals surface area (Å²) >= 11 is 0. The SMILES string of the molecule is COc1ccc(CCNC(=O)CC(C)=NNC(=O)c2ccc(N)cc2)cc1OC. The van der Waals surface area contributed by atoms with Crippen LogP contribution in [0.2, 0.25) is 0 Å². The number of carbonyl (C=O) groups excluding carboxylic acids is 2. The molecule has 0 aliphatic rings. The fourth-order valence-electron chi connectivity index (χ4n) is 2.56. The Kier molecular flexibility index (Phi) is 8.02. The van der Waals surface area contributed by atoms with Crippen LogP contribution >= 0.6 is 0 Å². The van der Waals surface area contributed by atoms with Crippen LogP contribution in [-0.2, 0) is 11.2 Å². The van der Waals surface area contributed by atoms with Gasteiger partial charge < -0.3 is 20.5 Å². The number of carbonyl (C=O) groups is 2. The summed E-state index contributed by atoms with van der Waals surface area (Å²) in [5.41, 5.74) is 10.6. The van der Waals surface area contributed by atoms with E-state index in [2.05, 4.69) is 15.8 Å². The number of anilines is 1. The van der Waals surface area contributed by atoms with Crippen molar-refractivity contribution in [3.63, 3.8) is 0 Å². The first-order valence-corrected chi connectivity index (χ1v) is 9.09. The molecule has 0 atom stereocenters. The summed E-state index contributed by atoms with van der Waals surface area (Å²) in [6.07, 6.45) is 0.740. The second-order valence-electron chi connectivity index (χ2n) is 6.38. The predicted octanol–water partition coefficient (Wildman–Crippen LogP) is 2.14. The van der Waals surface area contributed by atoms with E-state index in [1.807, 2.05) is 18.2 Å². The van der Waals surface area contributed by atoms with Crippen molar-refractivity contribution in [2.45, 2.75) is 19.8 Å². The molecule has 154 valence electrons. The molecule has 8 nitrogen and oxygen atoms in total. The maximum Gasteiger partial charge on any atom is 0.271 e. The number of nitrogens with two attached hydrogens (primary N) is 1. The van der Waals surface area contributed by atoms with E-state index in [0.29, 0.717) is 41.4 Å². The zero-order valence-electron chi connectivity index (χ0n) is 16.8. The highest BCUT2D eigenvalue weighted by molar-refractivity contribution is 6.01. The van der Waals surface area contributed by atoms with Crippen LogP contribution < -0.4 is 25.9 Å². The van der Waals surface area contributed by atoms with Gasteiger partial charge in [-0.2, -0.15) is 5.10 Å². The first-order chi connectivity index (χ1) is 13.9. The first-order valence-electron chi connectivity index (χ1n) is 9.09. The van der Waals surface area contributed by atoms with Gasteiger partial charge in [-0.15, -0.1) is 0 Å². The topological polar surface area (TPSA) is 115 Å². The number of nitrogens with one attached hydrogen (secondary N) is 2. The highest BCUT2D eigenvalue weighted by Crippen LogP contribution is 2.27. The Morgan fingerprint density at radius 2 is 1.72 bits per heavy atom. The second-order valence-corrected chi connectivity index (χ2v) is 6.38. The molecule has 8 heteroatoms. The molecule has 0 saturated carbocycles. The molecule has 0 heterocycles. The van der Waals surface area contributed by atoms with Crippen molar-refractivity contribution < 1.29 is 19.1 Å². The highest BCUT2D eigenvalue weighted by atomic mass is 16.5. The van der Waals surface area contributed by atoms with Gasteiger partial charge in [-0.05, 0) is 55.3 Å². The molecule has 2 rings (SSSR count). The van der Waals surface area contributed by atoms with Crippen molar-refractivity contribution >= 4 is 23.2 Å². The van der Waals surface area contributed by atoms with Crippen LogP contribution in [0.5, 0.6) is 11.5 Å². The number of nitrogens with zero attached hydrogens (tertiary/aromatic N) is 1. The molecule has 0 aliphatic heterocycles. The van der Waals surface area contributed by atoms with Gasteiger partial charge >= 0.3 is 0 Å². The summed E-state index contributed by atoms with van der Waals surface area (Å²) in [5.74, 6) is 0.774. The Morgan fingerprint density at radius 1 is 1.03 bits per heavy atom. The average molecular weight is 398 g/mol. The summed E-state index contributed by atoms with van der Waals surface area (Å²) in [6.45, 7) is 2.15. The molecule has 0 saturated heterocycles. The number of rotatable bonds is 9. The monoisotopic (exact) mass is 398 g/mol. The fraction of sp³-hybridized carbons (Fsp3) is 0.286. The summed E-state index contributed by atoms with van der Waals surface area (Å²) in [7, 11) is 3.16. The molecule has 29 heavy (non-hydrogen) atoms. The van der Waals surface area contributed by atoms with Crippen molar-refractivity contribution in [3.8, 4) is 11.5 Å². The molecule has 4 N–H and O–H groups in total. The number of ether oxygens (including phenoxy) is 2. The number of hydrazone groups is 1. The van der Waals surface area contributed by atoms with E-state index in [9.17, 15) is 9.59 Å². The molecular formula is C21H26N4O4. The first kappa shape index (κ1) is 21.7. The second kappa shape index (κ2) is 10.7. The van der Waals surface area contributed by atoms with E-state index in [1.54, 1.807) is 45.4 Å². The predicted molar refractivity (Wildman–Crippen MR) is 112 cm³/mol. The molecule has 0 unspecified atom stereocenters. The summed E-state index contributed by atoms with van der Waals surface area (Å²) in [6, 6.07) is 12.1. The number of benzene rings is 2. The minimum atomic E-state index is -0.363. The lowest BCUT2D eigenvalue weighted by molar-refractivity contribution is -0.119. The molecule has 2 aromatic carbocycles. The van der Waals surface area contributed by atoms with Crippen LogP contribution in [0.1, 0.15) is 29.3 Å². The van der Waals surface area contributed by atoms with Crippen LogP contribution in [0.4, 0.5) is 5.69 Å². The molecule has 2 amide bonds. The molecule has 0 fully saturated rings. The van der Waals surface area contributed by atoms with E-state index in [-0.39, 0.29) is 18.2 Å². The molecule has 2 aromatic rings. The number of methoxy groups -OCH3 is 2. The van der Waals surface area contributed by atoms with Gasteiger partial charge in [0.05, 0.1) is 20.6 Å². The Morgan fingerprint density at radius 3 is 2.38 bits per heavy atom. The molecule has 0 bridgehead atoms. The normalized spacial score (nSPS) is 10.9. The van der Waals surface area contributed by atoms with Crippen LogP contribution in [0.3, 0.4) is 0 Å². The minimum Gasteiger partial charge on any atom is -0.493 e. The molecular weight excluding hydrogens is 372 g/mol.